The van der Waals surface area contributed by atoms with E-state index >= 15 is 0 Å². The Labute approximate surface area is 153 Å². The van der Waals surface area contributed by atoms with Gasteiger partial charge in [-0.15, -0.1) is 0 Å². The fraction of sp³-hybridized carbons (Fsp3) is 0.500. The zero-order valence-corrected chi connectivity index (χ0v) is 15.0. The number of nitro groups is 1. The van der Waals surface area contributed by atoms with Gasteiger partial charge in [0.05, 0.1) is 10.5 Å². The van der Waals surface area contributed by atoms with E-state index in [4.69, 9.17) is 0 Å². The first kappa shape index (κ1) is 22.2. The summed E-state index contributed by atoms with van der Waals surface area (Å²) >= 11 is 0. The van der Waals surface area contributed by atoms with Crippen LogP contribution in [0.5, 0.6) is 0 Å². The number of hydrogen-bond donors (Lipinski definition) is 3. The highest BCUT2D eigenvalue weighted by Crippen LogP contribution is 2.34. The van der Waals surface area contributed by atoms with E-state index in [1.165, 1.54) is 6.92 Å². The molecule has 11 heteroatoms. The van der Waals surface area contributed by atoms with Crippen LogP contribution in [0.2, 0.25) is 0 Å². The van der Waals surface area contributed by atoms with Crippen molar-refractivity contribution in [2.24, 2.45) is 5.92 Å². The van der Waals surface area contributed by atoms with E-state index in [1.807, 2.05) is 0 Å². The molecule has 1 atom stereocenters. The number of carbonyl (C=O) groups excluding carboxylic acids is 2. The summed E-state index contributed by atoms with van der Waals surface area (Å²) in [5.74, 6) is -0.941. The number of rotatable bonds is 8. The van der Waals surface area contributed by atoms with Crippen LogP contribution in [0, 0.1) is 16.0 Å². The Kier molecular flexibility index (Phi) is 7.56. The number of halogens is 3. The summed E-state index contributed by atoms with van der Waals surface area (Å²) < 4.78 is 38.0. The van der Waals surface area contributed by atoms with Crippen molar-refractivity contribution in [2.45, 2.75) is 33.0 Å². The Morgan fingerprint density at radius 1 is 1.22 bits per heavy atom. The standard InChI is InChI=1S/C16H21F3N4O4/c1-9(2)14(22-10(3)24)15(25)21-7-6-20-12-5-4-11(16(17,18)19)8-13(12)23(26)27/h4-5,8-9,14,20H,6-7H2,1-3H3,(H,21,25)(H,22,24)/t14-/m1/s1. The topological polar surface area (TPSA) is 113 Å². The molecule has 0 aliphatic heterocycles. The van der Waals surface area contributed by atoms with Crippen LogP contribution in [-0.2, 0) is 15.8 Å². The Hall–Kier alpha value is -2.85. The number of nitrogens with zero attached hydrogens (tertiary/aromatic N) is 1. The van der Waals surface area contributed by atoms with Crippen LogP contribution in [0.25, 0.3) is 0 Å². The first-order valence-corrected chi connectivity index (χ1v) is 8.07. The molecule has 1 aromatic rings. The lowest BCUT2D eigenvalue weighted by atomic mass is 10.0. The maximum atomic E-state index is 12.7. The zero-order valence-electron chi connectivity index (χ0n) is 15.0. The van der Waals surface area contributed by atoms with E-state index in [2.05, 4.69) is 16.0 Å². The lowest BCUT2D eigenvalue weighted by Gasteiger charge is -2.21. The molecule has 8 nitrogen and oxygen atoms in total. The summed E-state index contributed by atoms with van der Waals surface area (Å²) in [5.41, 5.74) is -1.93. The minimum absolute atomic E-state index is 0.0445. The van der Waals surface area contributed by atoms with Crippen molar-refractivity contribution in [2.75, 3.05) is 18.4 Å². The van der Waals surface area contributed by atoms with Crippen LogP contribution in [0.15, 0.2) is 18.2 Å². The van der Waals surface area contributed by atoms with Gasteiger partial charge in [0.2, 0.25) is 11.8 Å². The number of benzene rings is 1. The summed E-state index contributed by atoms with van der Waals surface area (Å²) in [5, 5.41) is 18.7. The quantitative estimate of drug-likeness (QED) is 0.358. The molecule has 3 N–H and O–H groups in total. The van der Waals surface area contributed by atoms with Crippen LogP contribution >= 0.6 is 0 Å². The Morgan fingerprint density at radius 3 is 2.33 bits per heavy atom. The molecule has 27 heavy (non-hydrogen) atoms. The maximum absolute atomic E-state index is 12.7. The van der Waals surface area contributed by atoms with Gasteiger partial charge >= 0.3 is 6.18 Å². The van der Waals surface area contributed by atoms with Crippen LogP contribution in [0.4, 0.5) is 24.5 Å². The molecule has 0 saturated carbocycles. The molecule has 150 valence electrons. The van der Waals surface area contributed by atoms with Gasteiger partial charge in [0.1, 0.15) is 11.7 Å². The molecule has 0 aliphatic carbocycles. The first-order valence-electron chi connectivity index (χ1n) is 8.07. The third kappa shape index (κ3) is 6.76. The number of nitrogens with one attached hydrogen (secondary N) is 3. The highest BCUT2D eigenvalue weighted by Gasteiger charge is 2.33. The van der Waals surface area contributed by atoms with Gasteiger partial charge in [-0.05, 0) is 18.1 Å². The van der Waals surface area contributed by atoms with E-state index in [-0.39, 0.29) is 30.6 Å². The number of carbonyl (C=O) groups is 2. The molecule has 0 spiro atoms. The van der Waals surface area contributed by atoms with Crippen molar-refractivity contribution < 1.29 is 27.7 Å². The van der Waals surface area contributed by atoms with Gasteiger partial charge in [-0.1, -0.05) is 13.8 Å². The van der Waals surface area contributed by atoms with Crippen LogP contribution < -0.4 is 16.0 Å². The fourth-order valence-corrected chi connectivity index (χ4v) is 2.26. The molecule has 0 aromatic heterocycles. The van der Waals surface area contributed by atoms with E-state index in [1.54, 1.807) is 13.8 Å². The number of anilines is 1. The van der Waals surface area contributed by atoms with Crippen molar-refractivity contribution in [1.82, 2.24) is 10.6 Å². The highest BCUT2D eigenvalue weighted by molar-refractivity contribution is 5.87. The van der Waals surface area contributed by atoms with Crippen molar-refractivity contribution in [3.63, 3.8) is 0 Å². The van der Waals surface area contributed by atoms with Gasteiger partial charge in [-0.2, -0.15) is 13.2 Å². The lowest BCUT2D eigenvalue weighted by molar-refractivity contribution is -0.384. The average Bonchev–Trinajstić information content (AvgIpc) is 2.54. The van der Waals surface area contributed by atoms with E-state index in [9.17, 15) is 32.9 Å². The molecule has 1 aromatic carbocycles. The average molecular weight is 390 g/mol. The van der Waals surface area contributed by atoms with Gasteiger partial charge in [0, 0.05) is 26.1 Å². The molecular weight excluding hydrogens is 369 g/mol. The smallest absolute Gasteiger partial charge is 0.378 e. The van der Waals surface area contributed by atoms with Gasteiger partial charge in [-0.3, -0.25) is 19.7 Å². The summed E-state index contributed by atoms with van der Waals surface area (Å²) in [6, 6.07) is 1.42. The van der Waals surface area contributed by atoms with E-state index < -0.39 is 34.3 Å². The Bertz CT molecular complexity index is 707. The molecule has 0 bridgehead atoms. The second-order valence-corrected chi connectivity index (χ2v) is 6.13. The molecule has 2 amide bonds. The van der Waals surface area contributed by atoms with Crippen molar-refractivity contribution in [3.05, 3.63) is 33.9 Å². The third-order valence-corrected chi connectivity index (χ3v) is 3.57. The molecular formula is C16H21F3N4O4. The third-order valence-electron chi connectivity index (χ3n) is 3.57. The summed E-state index contributed by atoms with van der Waals surface area (Å²) in [6.07, 6.45) is -4.69. The minimum atomic E-state index is -4.69. The van der Waals surface area contributed by atoms with Gasteiger partial charge in [0.25, 0.3) is 5.69 Å². The molecule has 0 aliphatic rings. The molecule has 0 fully saturated rings. The zero-order chi connectivity index (χ0) is 20.8. The first-order chi connectivity index (χ1) is 12.4. The van der Waals surface area contributed by atoms with E-state index in [0.29, 0.717) is 6.07 Å². The van der Waals surface area contributed by atoms with Gasteiger partial charge in [0.15, 0.2) is 0 Å². The largest absolute Gasteiger partial charge is 0.416 e. The lowest BCUT2D eigenvalue weighted by Crippen LogP contribution is -2.49. The predicted octanol–water partition coefficient (Wildman–Crippen LogP) is 2.30. The molecule has 0 radical (unpaired) electrons. The molecule has 0 saturated heterocycles. The summed E-state index contributed by atoms with van der Waals surface area (Å²) in [6.45, 7) is 4.89. The highest BCUT2D eigenvalue weighted by atomic mass is 19.4. The summed E-state index contributed by atoms with van der Waals surface area (Å²) in [4.78, 5) is 33.3. The number of nitro benzene ring substituents is 1. The molecule has 0 unspecified atom stereocenters. The normalized spacial score (nSPS) is 12.4. The SMILES string of the molecule is CC(=O)N[C@@H](C(=O)NCCNc1ccc(C(F)(F)F)cc1[N+](=O)[O-])C(C)C. The van der Waals surface area contributed by atoms with Crippen LogP contribution in [0.3, 0.4) is 0 Å². The minimum Gasteiger partial charge on any atom is -0.378 e. The fourth-order valence-electron chi connectivity index (χ4n) is 2.26. The monoisotopic (exact) mass is 390 g/mol. The van der Waals surface area contributed by atoms with Gasteiger partial charge < -0.3 is 16.0 Å². The summed E-state index contributed by atoms with van der Waals surface area (Å²) in [7, 11) is 0. The van der Waals surface area contributed by atoms with Crippen molar-refractivity contribution in [1.29, 1.82) is 0 Å². The maximum Gasteiger partial charge on any atom is 0.416 e. The van der Waals surface area contributed by atoms with Crippen molar-refractivity contribution in [3.8, 4) is 0 Å². The van der Waals surface area contributed by atoms with Crippen LogP contribution in [0.1, 0.15) is 26.3 Å². The molecule has 0 heterocycles. The Morgan fingerprint density at radius 2 is 1.85 bits per heavy atom. The second kappa shape index (κ2) is 9.19. The Balaban J connectivity index is 2.70. The number of hydrogen-bond acceptors (Lipinski definition) is 5. The number of amides is 2. The predicted molar refractivity (Wildman–Crippen MR) is 92.0 cm³/mol. The molecule has 1 rings (SSSR count). The second-order valence-electron chi connectivity index (χ2n) is 6.13. The number of alkyl halides is 3. The van der Waals surface area contributed by atoms with Crippen molar-refractivity contribution >= 4 is 23.2 Å². The van der Waals surface area contributed by atoms with Crippen LogP contribution in [-0.4, -0.2) is 35.9 Å². The van der Waals surface area contributed by atoms with E-state index in [0.717, 1.165) is 12.1 Å². The van der Waals surface area contributed by atoms with Gasteiger partial charge in [-0.25, -0.2) is 0 Å².